The molecule has 22 heavy (non-hydrogen) atoms. The number of hydrogen-bond acceptors (Lipinski definition) is 3. The lowest BCUT2D eigenvalue weighted by Gasteiger charge is -2.23. The van der Waals surface area contributed by atoms with E-state index in [0.29, 0.717) is 24.4 Å². The average molecular weight is 301 g/mol. The first kappa shape index (κ1) is 14.6. The van der Waals surface area contributed by atoms with Crippen molar-refractivity contribution in [3.8, 4) is 0 Å². The van der Waals surface area contributed by atoms with Gasteiger partial charge in [-0.2, -0.15) is 0 Å². The first-order valence-corrected chi connectivity index (χ1v) is 7.66. The number of carbonyl (C=O) groups is 2. The van der Waals surface area contributed by atoms with E-state index < -0.39 is 11.9 Å². The molecule has 1 atom stereocenters. The van der Waals surface area contributed by atoms with Gasteiger partial charge in [0.25, 0.3) is 0 Å². The minimum absolute atomic E-state index is 0.161. The summed E-state index contributed by atoms with van der Waals surface area (Å²) in [6.45, 7) is 2.73. The molecule has 0 saturated carbocycles. The zero-order valence-corrected chi connectivity index (χ0v) is 12.5. The Labute approximate surface area is 128 Å². The van der Waals surface area contributed by atoms with Crippen molar-refractivity contribution < 1.29 is 19.1 Å². The molecular weight excluding hydrogens is 282 g/mol. The van der Waals surface area contributed by atoms with Gasteiger partial charge in [-0.25, -0.2) is 0 Å². The fourth-order valence-electron chi connectivity index (χ4n) is 3.26. The minimum atomic E-state index is -0.821. The van der Waals surface area contributed by atoms with Crippen LogP contribution >= 0.6 is 0 Å². The van der Waals surface area contributed by atoms with Crippen molar-refractivity contribution in [2.24, 2.45) is 0 Å². The number of fused-ring (bicyclic) bond motifs is 1. The summed E-state index contributed by atoms with van der Waals surface area (Å²) in [4.78, 5) is 24.2. The molecule has 1 aliphatic rings. The minimum Gasteiger partial charge on any atom is -0.481 e. The number of carbonyl (C=O) groups excluding carboxylic acids is 1. The highest BCUT2D eigenvalue weighted by Crippen LogP contribution is 2.33. The zero-order chi connectivity index (χ0) is 15.7. The maximum atomic E-state index is 12.8. The van der Waals surface area contributed by atoms with E-state index in [1.54, 1.807) is 12.1 Å². The number of rotatable bonds is 5. The fraction of sp³-hybridized carbons (Fsp3) is 0.412. The van der Waals surface area contributed by atoms with Gasteiger partial charge in [-0.1, -0.05) is 13.3 Å². The normalized spacial score (nSPS) is 17.2. The molecule has 0 spiro atoms. The summed E-state index contributed by atoms with van der Waals surface area (Å²) in [7, 11) is 0. The maximum Gasteiger partial charge on any atom is 0.312 e. The lowest BCUT2D eigenvalue weighted by Crippen LogP contribution is -2.24. The molecule has 0 bridgehead atoms. The summed E-state index contributed by atoms with van der Waals surface area (Å²) in [6, 6.07) is 5.24. The number of carboxylic acids is 1. The van der Waals surface area contributed by atoms with Crippen LogP contribution in [0.15, 0.2) is 28.9 Å². The van der Waals surface area contributed by atoms with Crippen LogP contribution in [0, 0.1) is 0 Å². The van der Waals surface area contributed by atoms with Crippen LogP contribution in [0.2, 0.25) is 0 Å². The van der Waals surface area contributed by atoms with E-state index in [9.17, 15) is 14.7 Å². The predicted molar refractivity (Wildman–Crippen MR) is 80.2 cm³/mol. The third kappa shape index (κ3) is 2.36. The largest absolute Gasteiger partial charge is 0.481 e. The molecule has 2 aromatic rings. The summed E-state index contributed by atoms with van der Waals surface area (Å²) in [5.74, 6) is -1.21. The Balaban J connectivity index is 2.12. The Bertz CT molecular complexity index is 697. The number of ketones is 1. The summed E-state index contributed by atoms with van der Waals surface area (Å²) < 4.78 is 7.13. The number of nitrogens with zero attached hydrogens (tertiary/aromatic N) is 1. The van der Waals surface area contributed by atoms with Crippen molar-refractivity contribution in [3.63, 3.8) is 0 Å². The zero-order valence-electron chi connectivity index (χ0n) is 12.5. The van der Waals surface area contributed by atoms with Gasteiger partial charge in [-0.3, -0.25) is 9.59 Å². The van der Waals surface area contributed by atoms with Crippen molar-refractivity contribution in [1.82, 2.24) is 4.57 Å². The third-order valence-electron chi connectivity index (χ3n) is 4.22. The Morgan fingerprint density at radius 2 is 2.27 bits per heavy atom. The van der Waals surface area contributed by atoms with Crippen LogP contribution in [0.3, 0.4) is 0 Å². The standard InChI is InChI=1S/C17H19NO4/c1-2-5-11-10-13-12(17(20)21)6-3-8-18(13)15(11)16(19)14-7-4-9-22-14/h4,7,9-10,12H,2-3,5-6,8H2,1H3,(H,20,21). The molecule has 5 nitrogen and oxygen atoms in total. The first-order chi connectivity index (χ1) is 10.6. The van der Waals surface area contributed by atoms with Crippen molar-refractivity contribution >= 4 is 11.8 Å². The highest BCUT2D eigenvalue weighted by molar-refractivity contribution is 6.07. The van der Waals surface area contributed by atoms with Gasteiger partial charge in [-0.05, 0) is 43.0 Å². The van der Waals surface area contributed by atoms with Crippen molar-refractivity contribution in [2.75, 3.05) is 0 Å². The molecule has 0 aromatic carbocycles. The molecule has 1 aliphatic heterocycles. The number of carboxylic acid groups (broad SMARTS) is 1. The fourth-order valence-corrected chi connectivity index (χ4v) is 3.26. The topological polar surface area (TPSA) is 72.4 Å². The Hall–Kier alpha value is -2.30. The molecule has 3 heterocycles. The van der Waals surface area contributed by atoms with Crippen molar-refractivity contribution in [3.05, 3.63) is 47.2 Å². The van der Waals surface area contributed by atoms with E-state index in [0.717, 1.165) is 30.5 Å². The molecule has 0 aliphatic carbocycles. The van der Waals surface area contributed by atoms with Gasteiger partial charge in [-0.15, -0.1) is 0 Å². The van der Waals surface area contributed by atoms with Gasteiger partial charge < -0.3 is 14.1 Å². The summed E-state index contributed by atoms with van der Waals surface area (Å²) in [6.07, 6.45) is 4.53. The van der Waals surface area contributed by atoms with E-state index in [2.05, 4.69) is 0 Å². The molecular formula is C17H19NO4. The molecule has 0 radical (unpaired) electrons. The highest BCUT2D eigenvalue weighted by Gasteiger charge is 2.32. The van der Waals surface area contributed by atoms with Crippen LogP contribution in [-0.2, 0) is 17.8 Å². The van der Waals surface area contributed by atoms with Gasteiger partial charge in [0.2, 0.25) is 5.78 Å². The van der Waals surface area contributed by atoms with E-state index in [1.165, 1.54) is 6.26 Å². The summed E-state index contributed by atoms with van der Waals surface area (Å²) >= 11 is 0. The van der Waals surface area contributed by atoms with Gasteiger partial charge in [0, 0.05) is 12.2 Å². The summed E-state index contributed by atoms with van der Waals surface area (Å²) in [5.41, 5.74) is 2.27. The second kappa shape index (κ2) is 5.83. The quantitative estimate of drug-likeness (QED) is 0.861. The van der Waals surface area contributed by atoms with Gasteiger partial charge >= 0.3 is 5.97 Å². The van der Waals surface area contributed by atoms with E-state index in [-0.39, 0.29) is 5.78 Å². The molecule has 2 aromatic heterocycles. The van der Waals surface area contributed by atoms with Gasteiger partial charge in [0.1, 0.15) is 0 Å². The smallest absolute Gasteiger partial charge is 0.312 e. The summed E-state index contributed by atoms with van der Waals surface area (Å²) in [5, 5.41) is 9.42. The predicted octanol–water partition coefficient (Wildman–Crippen LogP) is 3.23. The molecule has 3 rings (SSSR count). The van der Waals surface area contributed by atoms with Crippen molar-refractivity contribution in [1.29, 1.82) is 0 Å². The number of hydrogen-bond donors (Lipinski definition) is 1. The Morgan fingerprint density at radius 3 is 2.91 bits per heavy atom. The molecule has 0 fully saturated rings. The lowest BCUT2D eigenvalue weighted by molar-refractivity contribution is -0.139. The van der Waals surface area contributed by atoms with Crippen LogP contribution in [0.4, 0.5) is 0 Å². The highest BCUT2D eigenvalue weighted by atomic mass is 16.4. The SMILES string of the molecule is CCCc1cc2n(c1C(=O)c1ccco1)CCCC2C(=O)O. The van der Waals surface area contributed by atoms with E-state index in [1.807, 2.05) is 17.6 Å². The van der Waals surface area contributed by atoms with E-state index >= 15 is 0 Å². The number of aryl methyl sites for hydroxylation is 1. The number of aromatic nitrogens is 1. The molecule has 0 saturated heterocycles. The number of aliphatic carboxylic acids is 1. The lowest BCUT2D eigenvalue weighted by atomic mass is 9.96. The molecule has 5 heteroatoms. The molecule has 0 amide bonds. The van der Waals surface area contributed by atoms with Crippen LogP contribution < -0.4 is 0 Å². The molecule has 116 valence electrons. The van der Waals surface area contributed by atoms with Gasteiger partial charge in [0.15, 0.2) is 5.76 Å². The van der Waals surface area contributed by atoms with E-state index in [4.69, 9.17) is 4.42 Å². The van der Waals surface area contributed by atoms with Crippen LogP contribution in [0.5, 0.6) is 0 Å². The third-order valence-corrected chi connectivity index (χ3v) is 4.22. The Kier molecular flexibility index (Phi) is 3.88. The van der Waals surface area contributed by atoms with Crippen LogP contribution in [-0.4, -0.2) is 21.4 Å². The second-order valence-corrected chi connectivity index (χ2v) is 5.68. The number of furan rings is 1. The molecule has 1 N–H and O–H groups in total. The Morgan fingerprint density at radius 1 is 1.45 bits per heavy atom. The van der Waals surface area contributed by atoms with Crippen molar-refractivity contribution in [2.45, 2.75) is 45.1 Å². The first-order valence-electron chi connectivity index (χ1n) is 7.66. The van der Waals surface area contributed by atoms with Crippen LogP contribution in [0.25, 0.3) is 0 Å². The maximum absolute atomic E-state index is 12.8. The molecule has 1 unspecified atom stereocenters. The average Bonchev–Trinajstić information content (AvgIpc) is 3.13. The monoisotopic (exact) mass is 301 g/mol. The van der Waals surface area contributed by atoms with Gasteiger partial charge in [0.05, 0.1) is 17.9 Å². The second-order valence-electron chi connectivity index (χ2n) is 5.68. The van der Waals surface area contributed by atoms with Crippen LogP contribution in [0.1, 0.15) is 59.6 Å².